The topological polar surface area (TPSA) is 37.3 Å². The second-order valence-corrected chi connectivity index (χ2v) is 4.98. The van der Waals surface area contributed by atoms with Gasteiger partial charge in [-0.25, -0.2) is 0 Å². The fourth-order valence-corrected chi connectivity index (χ4v) is 1.91. The Morgan fingerprint density at radius 3 is 2.50 bits per heavy atom. The van der Waals surface area contributed by atoms with E-state index >= 15 is 0 Å². The molecular formula is C12H14Cl2O2. The van der Waals surface area contributed by atoms with Crippen molar-refractivity contribution in [2.45, 2.75) is 26.7 Å². The Morgan fingerprint density at radius 1 is 1.44 bits per heavy atom. The third-order valence-electron chi connectivity index (χ3n) is 2.89. The summed E-state index contributed by atoms with van der Waals surface area (Å²) in [5.41, 5.74) is 0.0371. The van der Waals surface area contributed by atoms with Crippen LogP contribution in [0.4, 0.5) is 0 Å². The van der Waals surface area contributed by atoms with E-state index in [2.05, 4.69) is 0 Å². The van der Waals surface area contributed by atoms with Crippen LogP contribution in [0, 0.1) is 5.41 Å². The molecule has 0 fully saturated rings. The molecule has 1 rings (SSSR count). The number of carbonyl (C=O) groups is 1. The summed E-state index contributed by atoms with van der Waals surface area (Å²) in [6.07, 6.45) is 0.968. The molecule has 0 bridgehead atoms. The Morgan fingerprint density at radius 2 is 2.06 bits per heavy atom. The highest BCUT2D eigenvalue weighted by atomic mass is 35.5. The molecule has 0 saturated carbocycles. The zero-order valence-electron chi connectivity index (χ0n) is 9.26. The molecule has 16 heavy (non-hydrogen) atoms. The Bertz CT molecular complexity index is 404. The molecule has 1 unspecified atom stereocenters. The van der Waals surface area contributed by atoms with Crippen LogP contribution < -0.4 is 0 Å². The molecule has 1 aromatic carbocycles. The predicted molar refractivity (Wildman–Crippen MR) is 66.2 cm³/mol. The number of benzene rings is 1. The van der Waals surface area contributed by atoms with Crippen molar-refractivity contribution in [2.24, 2.45) is 5.41 Å². The minimum absolute atomic E-state index is 0.412. The second kappa shape index (κ2) is 5.07. The number of aliphatic carboxylic acids is 1. The molecule has 2 nitrogen and oxygen atoms in total. The molecule has 0 aliphatic rings. The standard InChI is InChI=1S/C12H14Cl2O2/c1-3-12(2,11(15)16)7-8-4-5-9(13)6-10(8)14/h4-6H,3,7H2,1-2H3,(H,15,16). The number of rotatable bonds is 4. The number of hydrogen-bond acceptors (Lipinski definition) is 1. The molecule has 0 radical (unpaired) electrons. The fraction of sp³-hybridized carbons (Fsp3) is 0.417. The maximum absolute atomic E-state index is 11.2. The van der Waals surface area contributed by atoms with Gasteiger partial charge in [-0.15, -0.1) is 0 Å². The first-order valence-electron chi connectivity index (χ1n) is 5.06. The van der Waals surface area contributed by atoms with Crippen molar-refractivity contribution in [1.82, 2.24) is 0 Å². The van der Waals surface area contributed by atoms with Gasteiger partial charge in [0.15, 0.2) is 0 Å². The van der Waals surface area contributed by atoms with Crippen molar-refractivity contribution < 1.29 is 9.90 Å². The van der Waals surface area contributed by atoms with E-state index in [1.807, 2.05) is 6.92 Å². The van der Waals surface area contributed by atoms with Crippen LogP contribution in [-0.2, 0) is 11.2 Å². The first-order valence-corrected chi connectivity index (χ1v) is 5.82. The quantitative estimate of drug-likeness (QED) is 0.888. The van der Waals surface area contributed by atoms with Crippen LogP contribution in [0.5, 0.6) is 0 Å². The van der Waals surface area contributed by atoms with E-state index < -0.39 is 11.4 Å². The highest BCUT2D eigenvalue weighted by molar-refractivity contribution is 6.35. The van der Waals surface area contributed by atoms with Gasteiger partial charge in [-0.05, 0) is 37.5 Å². The van der Waals surface area contributed by atoms with Crippen LogP contribution in [0.15, 0.2) is 18.2 Å². The Kier molecular flexibility index (Phi) is 4.22. The molecule has 0 spiro atoms. The summed E-state index contributed by atoms with van der Waals surface area (Å²) < 4.78 is 0. The number of hydrogen-bond donors (Lipinski definition) is 1. The number of carboxylic acid groups (broad SMARTS) is 1. The molecule has 0 saturated heterocycles. The maximum atomic E-state index is 11.2. The van der Waals surface area contributed by atoms with Gasteiger partial charge in [-0.3, -0.25) is 4.79 Å². The predicted octanol–water partition coefficient (Wildman–Crippen LogP) is 4.04. The van der Waals surface area contributed by atoms with Crippen LogP contribution >= 0.6 is 23.2 Å². The molecule has 1 atom stereocenters. The lowest BCUT2D eigenvalue weighted by Crippen LogP contribution is -2.29. The zero-order chi connectivity index (χ0) is 12.3. The zero-order valence-corrected chi connectivity index (χ0v) is 10.8. The van der Waals surface area contributed by atoms with Gasteiger partial charge < -0.3 is 5.11 Å². The van der Waals surface area contributed by atoms with E-state index in [1.165, 1.54) is 0 Å². The van der Waals surface area contributed by atoms with Gasteiger partial charge in [0.1, 0.15) is 0 Å². The van der Waals surface area contributed by atoms with Crippen LogP contribution in [-0.4, -0.2) is 11.1 Å². The first-order chi connectivity index (χ1) is 7.39. The summed E-state index contributed by atoms with van der Waals surface area (Å²) >= 11 is 11.8. The largest absolute Gasteiger partial charge is 0.481 e. The van der Waals surface area contributed by atoms with E-state index in [-0.39, 0.29) is 0 Å². The molecule has 0 heterocycles. The SMILES string of the molecule is CCC(C)(Cc1ccc(Cl)cc1Cl)C(=O)O. The van der Waals surface area contributed by atoms with Gasteiger partial charge >= 0.3 is 5.97 Å². The maximum Gasteiger partial charge on any atom is 0.309 e. The normalized spacial score (nSPS) is 14.5. The lowest BCUT2D eigenvalue weighted by atomic mass is 9.81. The summed E-state index contributed by atoms with van der Waals surface area (Å²) in [5.74, 6) is -0.805. The van der Waals surface area contributed by atoms with Crippen molar-refractivity contribution >= 4 is 29.2 Å². The minimum atomic E-state index is -0.805. The molecule has 0 aromatic heterocycles. The van der Waals surface area contributed by atoms with Crippen LogP contribution in [0.3, 0.4) is 0 Å². The van der Waals surface area contributed by atoms with Crippen molar-refractivity contribution in [3.63, 3.8) is 0 Å². The monoisotopic (exact) mass is 260 g/mol. The average molecular weight is 261 g/mol. The lowest BCUT2D eigenvalue weighted by molar-refractivity contribution is -0.148. The first kappa shape index (κ1) is 13.3. The third kappa shape index (κ3) is 2.89. The molecule has 1 aromatic rings. The van der Waals surface area contributed by atoms with E-state index in [9.17, 15) is 9.90 Å². The van der Waals surface area contributed by atoms with E-state index in [0.29, 0.717) is 22.9 Å². The molecular weight excluding hydrogens is 247 g/mol. The summed E-state index contributed by atoms with van der Waals surface area (Å²) in [4.78, 5) is 11.2. The smallest absolute Gasteiger partial charge is 0.309 e. The molecule has 1 N–H and O–H groups in total. The van der Waals surface area contributed by atoms with E-state index in [4.69, 9.17) is 23.2 Å². The summed E-state index contributed by atoms with van der Waals surface area (Å²) in [6.45, 7) is 3.58. The van der Waals surface area contributed by atoms with E-state index in [0.717, 1.165) is 5.56 Å². The molecule has 0 amide bonds. The lowest BCUT2D eigenvalue weighted by Gasteiger charge is -2.23. The summed E-state index contributed by atoms with van der Waals surface area (Å²) in [6, 6.07) is 5.14. The van der Waals surface area contributed by atoms with Gasteiger partial charge in [0.05, 0.1) is 5.41 Å². The summed E-state index contributed by atoms with van der Waals surface area (Å²) in [5, 5.41) is 10.2. The number of carboxylic acids is 1. The number of halogens is 2. The molecule has 0 aliphatic heterocycles. The second-order valence-electron chi connectivity index (χ2n) is 4.13. The van der Waals surface area contributed by atoms with Gasteiger partial charge in [-0.2, -0.15) is 0 Å². The van der Waals surface area contributed by atoms with Crippen molar-refractivity contribution in [3.8, 4) is 0 Å². The average Bonchev–Trinajstić information content (AvgIpc) is 2.22. The van der Waals surface area contributed by atoms with Gasteiger partial charge in [0.25, 0.3) is 0 Å². The molecule has 88 valence electrons. The van der Waals surface area contributed by atoms with Crippen LogP contribution in [0.25, 0.3) is 0 Å². The van der Waals surface area contributed by atoms with Crippen molar-refractivity contribution in [1.29, 1.82) is 0 Å². The summed E-state index contributed by atoms with van der Waals surface area (Å²) in [7, 11) is 0. The van der Waals surface area contributed by atoms with Crippen LogP contribution in [0.1, 0.15) is 25.8 Å². The van der Waals surface area contributed by atoms with Gasteiger partial charge in [0.2, 0.25) is 0 Å². The molecule has 4 heteroatoms. The van der Waals surface area contributed by atoms with Crippen molar-refractivity contribution in [3.05, 3.63) is 33.8 Å². The molecule has 0 aliphatic carbocycles. The third-order valence-corrected chi connectivity index (χ3v) is 3.48. The highest BCUT2D eigenvalue weighted by Crippen LogP contribution is 2.31. The Hall–Kier alpha value is -0.730. The van der Waals surface area contributed by atoms with Crippen molar-refractivity contribution in [2.75, 3.05) is 0 Å². The highest BCUT2D eigenvalue weighted by Gasteiger charge is 2.31. The Labute approximate surface area is 105 Å². The Balaban J connectivity index is 2.99. The van der Waals surface area contributed by atoms with E-state index in [1.54, 1.807) is 25.1 Å². The fourth-order valence-electron chi connectivity index (χ4n) is 1.44. The van der Waals surface area contributed by atoms with Gasteiger partial charge in [0, 0.05) is 10.0 Å². The van der Waals surface area contributed by atoms with Crippen LogP contribution in [0.2, 0.25) is 10.0 Å². The minimum Gasteiger partial charge on any atom is -0.481 e. The van der Waals surface area contributed by atoms with Gasteiger partial charge in [-0.1, -0.05) is 36.2 Å².